The lowest BCUT2D eigenvalue weighted by Crippen LogP contribution is -2.25. The first-order valence-corrected chi connectivity index (χ1v) is 9.24. The molecule has 1 amide bonds. The first-order chi connectivity index (χ1) is 12.8. The van der Waals surface area contributed by atoms with E-state index in [0.29, 0.717) is 11.3 Å². The number of nitrogens with zero attached hydrogens (tertiary/aromatic N) is 2. The number of nitro groups is 1. The van der Waals surface area contributed by atoms with Gasteiger partial charge in [-0.3, -0.25) is 14.9 Å². The van der Waals surface area contributed by atoms with Crippen molar-refractivity contribution in [3.63, 3.8) is 0 Å². The number of methoxy groups -OCH3 is 1. The molecule has 0 saturated carbocycles. The maximum absolute atomic E-state index is 11.9. The van der Waals surface area contributed by atoms with E-state index in [4.69, 9.17) is 4.74 Å². The number of hydrazone groups is 1. The number of ether oxygens (including phenoxy) is 1. The molecule has 0 bridgehead atoms. The van der Waals surface area contributed by atoms with Crippen LogP contribution in [0.4, 0.5) is 11.4 Å². The van der Waals surface area contributed by atoms with Crippen molar-refractivity contribution in [3.05, 3.63) is 60.5 Å². The molecule has 2 N–H and O–H groups in total. The minimum atomic E-state index is -0.517. The van der Waals surface area contributed by atoms with E-state index in [9.17, 15) is 14.9 Å². The summed E-state index contributed by atoms with van der Waals surface area (Å²) < 4.78 is 6.95. The second-order valence-corrected chi connectivity index (χ2v) is 7.10. The number of nitro benzene ring substituents is 1. The van der Waals surface area contributed by atoms with Gasteiger partial charge in [-0.2, -0.15) is 5.10 Å². The molecule has 8 nitrogen and oxygen atoms in total. The van der Waals surface area contributed by atoms with Crippen molar-refractivity contribution in [1.82, 2.24) is 5.43 Å². The zero-order valence-electron chi connectivity index (χ0n) is 14.5. The topological polar surface area (TPSA) is 106 Å². The van der Waals surface area contributed by atoms with E-state index in [-0.39, 0.29) is 18.1 Å². The van der Waals surface area contributed by atoms with Crippen LogP contribution < -0.4 is 15.5 Å². The zero-order chi connectivity index (χ0) is 20.0. The number of non-ortho nitro benzene ring substituents is 1. The molecule has 0 aliphatic carbocycles. The summed E-state index contributed by atoms with van der Waals surface area (Å²) in [5.74, 6) is 0.0366. The molecule has 0 fully saturated rings. The molecule has 0 unspecified atom stereocenters. The highest BCUT2D eigenvalue weighted by Gasteiger charge is 2.10. The highest BCUT2D eigenvalue weighted by molar-refractivity contribution is 9.11. The van der Waals surface area contributed by atoms with Gasteiger partial charge in [-0.15, -0.1) is 0 Å². The van der Waals surface area contributed by atoms with Gasteiger partial charge in [-0.1, -0.05) is 31.9 Å². The molecule has 0 atom stereocenters. The molecular formula is C17H16Br2N4O4. The Bertz CT molecular complexity index is 879. The minimum Gasteiger partial charge on any atom is -0.496 e. The van der Waals surface area contributed by atoms with E-state index >= 15 is 0 Å². The molecule has 10 heteroatoms. The van der Waals surface area contributed by atoms with Crippen LogP contribution in [-0.2, 0) is 4.79 Å². The predicted octanol–water partition coefficient (Wildman–Crippen LogP) is 4.00. The number of rotatable bonds is 7. The van der Waals surface area contributed by atoms with Crippen molar-refractivity contribution >= 4 is 55.4 Å². The van der Waals surface area contributed by atoms with E-state index in [1.54, 1.807) is 0 Å². The van der Waals surface area contributed by atoms with Gasteiger partial charge in [-0.05, 0) is 30.7 Å². The molecule has 0 aromatic heterocycles. The van der Waals surface area contributed by atoms with E-state index < -0.39 is 4.92 Å². The Hall–Kier alpha value is -2.46. The summed E-state index contributed by atoms with van der Waals surface area (Å²) in [5, 5.41) is 17.7. The summed E-state index contributed by atoms with van der Waals surface area (Å²) in [5.41, 5.74) is 4.46. The average Bonchev–Trinajstić information content (AvgIpc) is 2.64. The summed E-state index contributed by atoms with van der Waals surface area (Å²) in [6.07, 6.45) is 1.29. The van der Waals surface area contributed by atoms with E-state index in [1.807, 2.05) is 19.1 Å². The van der Waals surface area contributed by atoms with Crippen molar-refractivity contribution < 1.29 is 14.5 Å². The largest absolute Gasteiger partial charge is 0.496 e. The minimum absolute atomic E-state index is 0.00531. The molecule has 0 aliphatic heterocycles. The van der Waals surface area contributed by atoms with Crippen molar-refractivity contribution in [2.75, 3.05) is 19.0 Å². The van der Waals surface area contributed by atoms with Gasteiger partial charge < -0.3 is 10.1 Å². The molecule has 2 aromatic carbocycles. The second kappa shape index (κ2) is 9.47. The zero-order valence-corrected chi connectivity index (χ0v) is 17.6. The highest BCUT2D eigenvalue weighted by Crippen LogP contribution is 2.28. The number of nitrogens with one attached hydrogen (secondary N) is 2. The Morgan fingerprint density at radius 3 is 2.56 bits per heavy atom. The smallest absolute Gasteiger partial charge is 0.270 e. The summed E-state index contributed by atoms with van der Waals surface area (Å²) in [6, 6.07) is 7.84. The average molecular weight is 500 g/mol. The fourth-order valence-corrected chi connectivity index (χ4v) is 3.27. The quantitative estimate of drug-likeness (QED) is 0.340. The molecule has 0 aliphatic rings. The fourth-order valence-electron chi connectivity index (χ4n) is 2.08. The van der Waals surface area contributed by atoms with Crippen molar-refractivity contribution in [3.8, 4) is 5.75 Å². The molecule has 0 heterocycles. The second-order valence-electron chi connectivity index (χ2n) is 5.39. The van der Waals surface area contributed by atoms with Crippen LogP contribution in [0.15, 0.2) is 44.4 Å². The first-order valence-electron chi connectivity index (χ1n) is 7.65. The van der Waals surface area contributed by atoms with E-state index in [2.05, 4.69) is 47.7 Å². The molecule has 27 heavy (non-hydrogen) atoms. The number of carbonyl (C=O) groups is 1. The lowest BCUT2D eigenvalue weighted by atomic mass is 10.2. The Labute approximate surface area is 172 Å². The van der Waals surface area contributed by atoms with Gasteiger partial charge >= 0.3 is 0 Å². The Morgan fingerprint density at radius 1 is 1.30 bits per heavy atom. The Kier molecular flexibility index (Phi) is 7.31. The van der Waals surface area contributed by atoms with Gasteiger partial charge in [0.15, 0.2) is 0 Å². The fraction of sp³-hybridized carbons (Fsp3) is 0.176. The van der Waals surface area contributed by atoms with E-state index in [0.717, 1.165) is 20.2 Å². The number of amides is 1. The first kappa shape index (κ1) is 20.8. The monoisotopic (exact) mass is 498 g/mol. The van der Waals surface area contributed by atoms with Crippen molar-refractivity contribution in [2.24, 2.45) is 5.10 Å². The Morgan fingerprint density at radius 2 is 1.96 bits per heavy atom. The number of hydrogen-bond acceptors (Lipinski definition) is 6. The molecule has 142 valence electrons. The number of hydrogen-bond donors (Lipinski definition) is 2. The lowest BCUT2D eigenvalue weighted by Gasteiger charge is -2.09. The number of benzene rings is 2. The number of anilines is 1. The third-order valence-corrected chi connectivity index (χ3v) is 5.20. The molecule has 0 spiro atoms. The van der Waals surface area contributed by atoms with Crippen molar-refractivity contribution in [1.29, 1.82) is 0 Å². The van der Waals surface area contributed by atoms with Gasteiger partial charge in [0.1, 0.15) is 5.75 Å². The molecule has 2 rings (SSSR count). The normalized spacial score (nSPS) is 10.7. The summed E-state index contributed by atoms with van der Waals surface area (Å²) >= 11 is 6.89. The standard InChI is InChI=1S/C17H16Br2N4O4/c1-10-14(18)6-12(7-15(10)19)20-9-17(24)22-21-8-11-5-13(23(25)26)3-4-16(11)27-2/h3-8,20H,9H2,1-2H3,(H,22,24)/b21-8-. The van der Waals surface area contributed by atoms with Crippen molar-refractivity contribution in [2.45, 2.75) is 6.92 Å². The third-order valence-electron chi connectivity index (χ3n) is 3.55. The van der Waals surface area contributed by atoms with Gasteiger partial charge in [0.05, 0.1) is 24.8 Å². The summed E-state index contributed by atoms with van der Waals surface area (Å²) in [7, 11) is 1.44. The highest BCUT2D eigenvalue weighted by atomic mass is 79.9. The third kappa shape index (κ3) is 5.76. The maximum atomic E-state index is 11.9. The van der Waals surface area contributed by atoms with Crippen LogP contribution in [0, 0.1) is 17.0 Å². The van der Waals surface area contributed by atoms with Crippen LogP contribution in [0.5, 0.6) is 5.75 Å². The van der Waals surface area contributed by atoms with Crippen LogP contribution in [0.25, 0.3) is 0 Å². The molecule has 2 aromatic rings. The summed E-state index contributed by atoms with van der Waals surface area (Å²) in [4.78, 5) is 22.3. The van der Waals surface area contributed by atoms with Crippen LogP contribution in [0.3, 0.4) is 0 Å². The predicted molar refractivity (Wildman–Crippen MR) is 110 cm³/mol. The molecule has 0 saturated heterocycles. The van der Waals surface area contributed by atoms with Crippen LogP contribution in [0.1, 0.15) is 11.1 Å². The lowest BCUT2D eigenvalue weighted by molar-refractivity contribution is -0.384. The number of carbonyl (C=O) groups excluding carboxylic acids is 1. The van der Waals surface area contributed by atoms with Gasteiger partial charge in [0, 0.05) is 32.3 Å². The summed E-state index contributed by atoms with van der Waals surface area (Å²) in [6.45, 7) is 1.97. The van der Waals surface area contributed by atoms with Crippen LogP contribution in [0.2, 0.25) is 0 Å². The molecular weight excluding hydrogens is 484 g/mol. The van der Waals surface area contributed by atoms with Gasteiger partial charge in [0.2, 0.25) is 0 Å². The SMILES string of the molecule is COc1ccc([N+](=O)[O-])cc1/C=N\NC(=O)CNc1cc(Br)c(C)c(Br)c1. The van der Waals surface area contributed by atoms with Crippen LogP contribution in [-0.4, -0.2) is 30.7 Å². The maximum Gasteiger partial charge on any atom is 0.270 e. The molecule has 0 radical (unpaired) electrons. The van der Waals surface area contributed by atoms with Gasteiger partial charge in [-0.25, -0.2) is 5.43 Å². The van der Waals surface area contributed by atoms with Crippen LogP contribution >= 0.6 is 31.9 Å². The van der Waals surface area contributed by atoms with E-state index in [1.165, 1.54) is 31.5 Å². The van der Waals surface area contributed by atoms with Gasteiger partial charge in [0.25, 0.3) is 11.6 Å². The Balaban J connectivity index is 1.97. The number of halogens is 2.